The normalized spacial score (nSPS) is 21.0. The predicted octanol–water partition coefficient (Wildman–Crippen LogP) is 3.47. The van der Waals surface area contributed by atoms with Gasteiger partial charge in [-0.2, -0.15) is 5.10 Å². The maximum absolute atomic E-state index is 12.8. The van der Waals surface area contributed by atoms with Crippen LogP contribution < -0.4 is 0 Å². The summed E-state index contributed by atoms with van der Waals surface area (Å²) in [6, 6.07) is 0.203. The Bertz CT molecular complexity index is 643. The van der Waals surface area contributed by atoms with Gasteiger partial charge >= 0.3 is 0 Å². The molecular weight excluding hydrogens is 316 g/mol. The number of hydrogen-bond donors (Lipinski definition) is 0. The van der Waals surface area contributed by atoms with E-state index in [1.54, 1.807) is 11.6 Å². The third kappa shape index (κ3) is 2.99. The standard InChI is InChI=1S/C17H21ClN2O3/c1-10-14(16(23)15-12(21)8-5-9-13(15)22)17(18)20(19-10)11-6-3-2-4-7-11/h11,15H,2-9H2,1H3. The number of carbonyl (C=O) groups is 3. The van der Waals surface area contributed by atoms with Crippen molar-refractivity contribution in [1.82, 2.24) is 9.78 Å². The molecule has 0 radical (unpaired) electrons. The van der Waals surface area contributed by atoms with E-state index < -0.39 is 11.7 Å². The monoisotopic (exact) mass is 336 g/mol. The van der Waals surface area contributed by atoms with Crippen LogP contribution in [0.3, 0.4) is 0 Å². The molecule has 0 bridgehead atoms. The summed E-state index contributed by atoms with van der Waals surface area (Å²) >= 11 is 6.43. The van der Waals surface area contributed by atoms with Crippen LogP contribution in [0.2, 0.25) is 5.15 Å². The maximum Gasteiger partial charge on any atom is 0.185 e. The Labute approximate surface area is 140 Å². The molecular formula is C17H21ClN2O3. The second-order valence-corrected chi connectivity index (χ2v) is 6.93. The van der Waals surface area contributed by atoms with Crippen LogP contribution in [0, 0.1) is 12.8 Å². The molecule has 6 heteroatoms. The van der Waals surface area contributed by atoms with E-state index >= 15 is 0 Å². The number of halogens is 1. The van der Waals surface area contributed by atoms with Gasteiger partial charge in [-0.15, -0.1) is 0 Å². The van der Waals surface area contributed by atoms with Crippen molar-refractivity contribution >= 4 is 29.0 Å². The molecule has 0 spiro atoms. The number of ketones is 3. The van der Waals surface area contributed by atoms with Crippen LogP contribution in [0.4, 0.5) is 0 Å². The average Bonchev–Trinajstić information content (AvgIpc) is 2.82. The van der Waals surface area contributed by atoms with Gasteiger partial charge in [-0.3, -0.25) is 14.4 Å². The summed E-state index contributed by atoms with van der Waals surface area (Å²) in [4.78, 5) is 36.9. The van der Waals surface area contributed by atoms with Crippen molar-refractivity contribution in [1.29, 1.82) is 0 Å². The highest BCUT2D eigenvalue weighted by molar-refractivity contribution is 6.35. The number of hydrogen-bond acceptors (Lipinski definition) is 4. The molecule has 2 saturated carbocycles. The highest BCUT2D eigenvalue weighted by Crippen LogP contribution is 2.34. The minimum Gasteiger partial charge on any atom is -0.298 e. The smallest absolute Gasteiger partial charge is 0.185 e. The molecule has 23 heavy (non-hydrogen) atoms. The first-order valence-corrected chi connectivity index (χ1v) is 8.72. The minimum atomic E-state index is -1.18. The Balaban J connectivity index is 1.93. The third-order valence-corrected chi connectivity index (χ3v) is 5.31. The number of rotatable bonds is 3. The van der Waals surface area contributed by atoms with Gasteiger partial charge < -0.3 is 0 Å². The van der Waals surface area contributed by atoms with E-state index in [1.165, 1.54) is 6.42 Å². The minimum absolute atomic E-state index is 0.203. The van der Waals surface area contributed by atoms with Crippen molar-refractivity contribution in [3.8, 4) is 0 Å². The quantitative estimate of drug-likeness (QED) is 0.626. The number of aromatic nitrogens is 2. The zero-order valence-corrected chi connectivity index (χ0v) is 14.1. The van der Waals surface area contributed by atoms with E-state index in [0.29, 0.717) is 12.1 Å². The molecule has 0 aliphatic heterocycles. The molecule has 0 N–H and O–H groups in total. The number of nitrogens with zero attached hydrogens (tertiary/aromatic N) is 2. The van der Waals surface area contributed by atoms with E-state index in [-0.39, 0.29) is 41.2 Å². The lowest BCUT2D eigenvalue weighted by atomic mass is 9.82. The number of aryl methyl sites for hydroxylation is 1. The Morgan fingerprint density at radius 2 is 1.70 bits per heavy atom. The average molecular weight is 337 g/mol. The summed E-state index contributed by atoms with van der Waals surface area (Å²) in [5.74, 6) is -2.22. The molecule has 3 rings (SSSR count). The molecule has 124 valence electrons. The Kier molecular flexibility index (Phi) is 4.67. The van der Waals surface area contributed by atoms with Crippen LogP contribution in [-0.4, -0.2) is 27.1 Å². The Morgan fingerprint density at radius 3 is 2.30 bits per heavy atom. The molecule has 2 aliphatic carbocycles. The third-order valence-electron chi connectivity index (χ3n) is 4.95. The van der Waals surface area contributed by atoms with Gasteiger partial charge in [0.15, 0.2) is 17.3 Å². The largest absolute Gasteiger partial charge is 0.298 e. The highest BCUT2D eigenvalue weighted by Gasteiger charge is 2.39. The maximum atomic E-state index is 12.8. The second-order valence-electron chi connectivity index (χ2n) is 6.57. The van der Waals surface area contributed by atoms with E-state index in [4.69, 9.17) is 11.6 Å². The van der Waals surface area contributed by atoms with Crippen molar-refractivity contribution in [2.45, 2.75) is 64.3 Å². The van der Waals surface area contributed by atoms with E-state index in [2.05, 4.69) is 5.10 Å². The number of carbonyl (C=O) groups excluding carboxylic acids is 3. The molecule has 0 aromatic carbocycles. The lowest BCUT2D eigenvalue weighted by Crippen LogP contribution is -2.35. The zero-order valence-electron chi connectivity index (χ0n) is 13.3. The topological polar surface area (TPSA) is 69.0 Å². The van der Waals surface area contributed by atoms with Crippen LogP contribution in [-0.2, 0) is 9.59 Å². The van der Waals surface area contributed by atoms with Crippen LogP contribution >= 0.6 is 11.6 Å². The van der Waals surface area contributed by atoms with E-state index in [9.17, 15) is 14.4 Å². The van der Waals surface area contributed by atoms with Crippen LogP contribution in [0.1, 0.15) is 73.5 Å². The molecule has 5 nitrogen and oxygen atoms in total. The molecule has 0 unspecified atom stereocenters. The molecule has 2 fully saturated rings. The highest BCUT2D eigenvalue weighted by atomic mass is 35.5. The van der Waals surface area contributed by atoms with Crippen LogP contribution in [0.25, 0.3) is 0 Å². The van der Waals surface area contributed by atoms with Crippen LogP contribution in [0.5, 0.6) is 0 Å². The molecule has 0 amide bonds. The first-order chi connectivity index (χ1) is 11.0. The van der Waals surface area contributed by atoms with Gasteiger partial charge in [-0.1, -0.05) is 30.9 Å². The SMILES string of the molecule is Cc1nn(C2CCCCC2)c(Cl)c1C(=O)C1C(=O)CCCC1=O. The van der Waals surface area contributed by atoms with Crippen molar-refractivity contribution in [2.24, 2.45) is 5.92 Å². The van der Waals surface area contributed by atoms with Crippen molar-refractivity contribution in [3.05, 3.63) is 16.4 Å². The summed E-state index contributed by atoms with van der Waals surface area (Å²) in [5.41, 5.74) is 0.766. The van der Waals surface area contributed by atoms with E-state index in [1.807, 2.05) is 0 Å². The Morgan fingerprint density at radius 1 is 1.09 bits per heavy atom. The Hall–Kier alpha value is -1.49. The molecule has 1 aromatic rings. The number of Topliss-reactive ketones (excluding diaryl/α,β-unsaturated/α-hetero) is 3. The van der Waals surface area contributed by atoms with Crippen molar-refractivity contribution in [2.75, 3.05) is 0 Å². The summed E-state index contributed by atoms with van der Waals surface area (Å²) in [7, 11) is 0. The fraction of sp³-hybridized carbons (Fsp3) is 0.647. The first-order valence-electron chi connectivity index (χ1n) is 8.35. The van der Waals surface area contributed by atoms with E-state index in [0.717, 1.165) is 25.7 Å². The fourth-order valence-electron chi connectivity index (χ4n) is 3.71. The van der Waals surface area contributed by atoms with Gasteiger partial charge in [0.05, 0.1) is 17.3 Å². The first kappa shape index (κ1) is 16.4. The molecule has 2 aliphatic rings. The van der Waals surface area contributed by atoms with Gasteiger partial charge in [0.25, 0.3) is 0 Å². The van der Waals surface area contributed by atoms with Crippen LogP contribution in [0.15, 0.2) is 0 Å². The summed E-state index contributed by atoms with van der Waals surface area (Å²) < 4.78 is 1.72. The molecule has 0 atom stereocenters. The van der Waals surface area contributed by atoms with Crippen molar-refractivity contribution < 1.29 is 14.4 Å². The van der Waals surface area contributed by atoms with Gasteiger partial charge in [0, 0.05) is 12.8 Å². The summed E-state index contributed by atoms with van der Waals surface area (Å²) in [6.07, 6.45) is 6.57. The fourth-order valence-corrected chi connectivity index (χ4v) is 4.11. The lowest BCUT2D eigenvalue weighted by Gasteiger charge is -2.23. The van der Waals surface area contributed by atoms with Gasteiger partial charge in [0.1, 0.15) is 11.1 Å². The predicted molar refractivity (Wildman–Crippen MR) is 85.8 cm³/mol. The van der Waals surface area contributed by atoms with Crippen molar-refractivity contribution in [3.63, 3.8) is 0 Å². The molecule has 1 heterocycles. The van der Waals surface area contributed by atoms with Gasteiger partial charge in [-0.25, -0.2) is 4.68 Å². The molecule has 0 saturated heterocycles. The molecule has 1 aromatic heterocycles. The lowest BCUT2D eigenvalue weighted by molar-refractivity contribution is -0.133. The van der Waals surface area contributed by atoms with Gasteiger partial charge in [-0.05, 0) is 26.2 Å². The zero-order chi connectivity index (χ0) is 16.6. The summed E-state index contributed by atoms with van der Waals surface area (Å²) in [6.45, 7) is 1.72. The summed E-state index contributed by atoms with van der Waals surface area (Å²) in [5, 5.41) is 4.72. The second kappa shape index (κ2) is 6.56. The van der Waals surface area contributed by atoms with Gasteiger partial charge in [0.2, 0.25) is 0 Å².